The van der Waals surface area contributed by atoms with Crippen LogP contribution in [0.3, 0.4) is 0 Å². The summed E-state index contributed by atoms with van der Waals surface area (Å²) in [6, 6.07) is 20.1. The molecule has 0 heterocycles. The molecule has 0 aromatic heterocycles. The van der Waals surface area contributed by atoms with E-state index in [0.29, 0.717) is 5.69 Å². The molecule has 0 spiro atoms. The zero-order valence-corrected chi connectivity index (χ0v) is 17.9. The molecule has 0 bridgehead atoms. The summed E-state index contributed by atoms with van der Waals surface area (Å²) in [7, 11) is 1.73. The summed E-state index contributed by atoms with van der Waals surface area (Å²) in [5.74, 6) is -0.895. The SMILES string of the molecule is Cc1ccc(C)c(NC(=O)[C@@H](c2ccccc2)N(C)CC(=O)Nc2ccc(F)cc2)c1. The molecule has 5 nitrogen and oxygen atoms in total. The van der Waals surface area contributed by atoms with Crippen LogP contribution in [0.15, 0.2) is 72.8 Å². The molecule has 3 aromatic carbocycles. The molecule has 160 valence electrons. The van der Waals surface area contributed by atoms with Crippen LogP contribution < -0.4 is 10.6 Å². The van der Waals surface area contributed by atoms with Crippen LogP contribution in [-0.4, -0.2) is 30.3 Å². The van der Waals surface area contributed by atoms with Gasteiger partial charge in [-0.1, -0.05) is 42.5 Å². The normalized spacial score (nSPS) is 11.8. The molecule has 0 aliphatic heterocycles. The van der Waals surface area contributed by atoms with Crippen molar-refractivity contribution in [2.45, 2.75) is 19.9 Å². The predicted octanol–water partition coefficient (Wildman–Crippen LogP) is 4.69. The number of hydrogen-bond acceptors (Lipinski definition) is 3. The third-order valence-electron chi connectivity index (χ3n) is 4.98. The summed E-state index contributed by atoms with van der Waals surface area (Å²) in [4.78, 5) is 27.5. The molecule has 0 aliphatic rings. The molecule has 6 heteroatoms. The second-order valence-electron chi connectivity index (χ2n) is 7.59. The summed E-state index contributed by atoms with van der Waals surface area (Å²) in [6.07, 6.45) is 0. The first-order chi connectivity index (χ1) is 14.8. The Morgan fingerprint density at radius 3 is 2.29 bits per heavy atom. The fourth-order valence-electron chi connectivity index (χ4n) is 3.36. The van der Waals surface area contributed by atoms with Crippen molar-refractivity contribution in [1.29, 1.82) is 0 Å². The molecule has 0 unspecified atom stereocenters. The Morgan fingerprint density at radius 1 is 0.935 bits per heavy atom. The lowest BCUT2D eigenvalue weighted by Crippen LogP contribution is -2.39. The van der Waals surface area contributed by atoms with Crippen LogP contribution in [0.4, 0.5) is 15.8 Å². The number of nitrogens with zero attached hydrogens (tertiary/aromatic N) is 1. The van der Waals surface area contributed by atoms with E-state index in [0.717, 1.165) is 22.4 Å². The zero-order valence-electron chi connectivity index (χ0n) is 17.9. The topological polar surface area (TPSA) is 61.4 Å². The van der Waals surface area contributed by atoms with Gasteiger partial charge < -0.3 is 10.6 Å². The molecule has 0 saturated carbocycles. The number of nitrogens with one attached hydrogen (secondary N) is 2. The molecule has 31 heavy (non-hydrogen) atoms. The lowest BCUT2D eigenvalue weighted by atomic mass is 10.0. The van der Waals surface area contributed by atoms with Gasteiger partial charge in [0.1, 0.15) is 11.9 Å². The summed E-state index contributed by atoms with van der Waals surface area (Å²) >= 11 is 0. The standard InChI is InChI=1S/C25H26FN3O2/c1-17-9-10-18(2)22(15-17)28-25(31)24(19-7-5-4-6-8-19)29(3)16-23(30)27-21-13-11-20(26)12-14-21/h4-15,24H,16H2,1-3H3,(H,27,30)(H,28,31)/t24-/m1/s1. The van der Waals surface area contributed by atoms with E-state index in [-0.39, 0.29) is 24.2 Å². The number of benzene rings is 3. The average molecular weight is 420 g/mol. The van der Waals surface area contributed by atoms with Gasteiger partial charge >= 0.3 is 0 Å². The Labute approximate surface area is 181 Å². The van der Waals surface area contributed by atoms with E-state index in [4.69, 9.17) is 0 Å². The van der Waals surface area contributed by atoms with Crippen molar-refractivity contribution in [3.63, 3.8) is 0 Å². The highest BCUT2D eigenvalue weighted by Crippen LogP contribution is 2.24. The highest BCUT2D eigenvalue weighted by atomic mass is 19.1. The zero-order chi connectivity index (χ0) is 22.4. The maximum absolute atomic E-state index is 13.3. The van der Waals surface area contributed by atoms with E-state index >= 15 is 0 Å². The second-order valence-corrected chi connectivity index (χ2v) is 7.59. The number of carbonyl (C=O) groups excluding carboxylic acids is 2. The molecular formula is C25H26FN3O2. The number of anilines is 2. The third-order valence-corrected chi connectivity index (χ3v) is 4.98. The third kappa shape index (κ3) is 5.99. The van der Waals surface area contributed by atoms with E-state index in [9.17, 15) is 14.0 Å². The Kier molecular flexibility index (Phi) is 7.15. The fraction of sp³-hybridized carbons (Fsp3) is 0.200. The molecule has 1 atom stereocenters. The Hall–Kier alpha value is -3.51. The van der Waals surface area contributed by atoms with Gasteiger partial charge in [-0.15, -0.1) is 0 Å². The smallest absolute Gasteiger partial charge is 0.246 e. The Balaban J connectivity index is 1.78. The van der Waals surface area contributed by atoms with Crippen LogP contribution in [0.1, 0.15) is 22.7 Å². The largest absolute Gasteiger partial charge is 0.325 e. The molecule has 3 rings (SSSR count). The van der Waals surface area contributed by atoms with Crippen LogP contribution in [0.5, 0.6) is 0 Å². The first-order valence-electron chi connectivity index (χ1n) is 10.0. The van der Waals surface area contributed by atoms with E-state index in [2.05, 4.69) is 10.6 Å². The van der Waals surface area contributed by atoms with E-state index in [1.807, 2.05) is 62.4 Å². The molecule has 0 radical (unpaired) electrons. The lowest BCUT2D eigenvalue weighted by molar-refractivity contribution is -0.123. The number of carbonyl (C=O) groups is 2. The maximum Gasteiger partial charge on any atom is 0.246 e. The van der Waals surface area contributed by atoms with Crippen LogP contribution >= 0.6 is 0 Å². The van der Waals surface area contributed by atoms with Crippen LogP contribution in [-0.2, 0) is 9.59 Å². The van der Waals surface area contributed by atoms with Gasteiger partial charge in [0.2, 0.25) is 11.8 Å². The van der Waals surface area contributed by atoms with Gasteiger partial charge in [-0.05, 0) is 67.9 Å². The van der Waals surface area contributed by atoms with Gasteiger partial charge in [0.15, 0.2) is 0 Å². The summed E-state index contributed by atoms with van der Waals surface area (Å²) < 4.78 is 13.1. The minimum absolute atomic E-state index is 0.0167. The van der Waals surface area contributed by atoms with Crippen molar-refractivity contribution in [3.8, 4) is 0 Å². The highest BCUT2D eigenvalue weighted by molar-refractivity contribution is 5.97. The highest BCUT2D eigenvalue weighted by Gasteiger charge is 2.27. The molecule has 2 amide bonds. The molecule has 0 aliphatic carbocycles. The summed E-state index contributed by atoms with van der Waals surface area (Å²) in [5, 5.41) is 5.74. The van der Waals surface area contributed by atoms with Crippen molar-refractivity contribution in [3.05, 3.63) is 95.3 Å². The molecule has 2 N–H and O–H groups in total. The van der Waals surface area contributed by atoms with Gasteiger partial charge in [-0.2, -0.15) is 0 Å². The first-order valence-corrected chi connectivity index (χ1v) is 10.0. The molecule has 0 fully saturated rings. The molecular weight excluding hydrogens is 393 g/mol. The van der Waals surface area contributed by atoms with Gasteiger partial charge in [0.05, 0.1) is 6.54 Å². The number of halogens is 1. The average Bonchev–Trinajstić information content (AvgIpc) is 2.73. The number of likely N-dealkylation sites (N-methyl/N-ethyl adjacent to an activating group) is 1. The number of amides is 2. The van der Waals surface area contributed by atoms with E-state index in [1.165, 1.54) is 24.3 Å². The van der Waals surface area contributed by atoms with Crippen molar-refractivity contribution >= 4 is 23.2 Å². The maximum atomic E-state index is 13.3. The number of rotatable bonds is 7. The van der Waals surface area contributed by atoms with Crippen LogP contribution in [0, 0.1) is 19.7 Å². The second kappa shape index (κ2) is 10.00. The monoisotopic (exact) mass is 419 g/mol. The minimum atomic E-state index is -0.667. The van der Waals surface area contributed by atoms with E-state index in [1.54, 1.807) is 11.9 Å². The van der Waals surface area contributed by atoms with Crippen LogP contribution in [0.2, 0.25) is 0 Å². The van der Waals surface area contributed by atoms with Crippen LogP contribution in [0.25, 0.3) is 0 Å². The molecule has 0 saturated heterocycles. The van der Waals surface area contributed by atoms with Crippen molar-refractivity contribution in [2.75, 3.05) is 24.2 Å². The molecule has 3 aromatic rings. The Morgan fingerprint density at radius 2 is 1.61 bits per heavy atom. The van der Waals surface area contributed by atoms with Crippen molar-refractivity contribution in [1.82, 2.24) is 4.90 Å². The fourth-order valence-corrected chi connectivity index (χ4v) is 3.36. The number of aryl methyl sites for hydroxylation is 2. The summed E-state index contributed by atoms with van der Waals surface area (Å²) in [6.45, 7) is 3.89. The number of hydrogen-bond donors (Lipinski definition) is 2. The van der Waals surface area contributed by atoms with Gasteiger partial charge in [0.25, 0.3) is 0 Å². The minimum Gasteiger partial charge on any atom is -0.325 e. The quantitative estimate of drug-likeness (QED) is 0.584. The summed E-state index contributed by atoms with van der Waals surface area (Å²) in [5.41, 5.74) is 4.03. The van der Waals surface area contributed by atoms with E-state index < -0.39 is 6.04 Å². The first kappa shape index (κ1) is 22.2. The predicted molar refractivity (Wildman–Crippen MR) is 121 cm³/mol. The van der Waals surface area contributed by atoms with Crippen molar-refractivity contribution < 1.29 is 14.0 Å². The van der Waals surface area contributed by atoms with Gasteiger partial charge in [0, 0.05) is 11.4 Å². The van der Waals surface area contributed by atoms with Gasteiger partial charge in [-0.25, -0.2) is 4.39 Å². The lowest BCUT2D eigenvalue weighted by Gasteiger charge is -2.27. The van der Waals surface area contributed by atoms with Crippen molar-refractivity contribution in [2.24, 2.45) is 0 Å². The Bertz CT molecular complexity index is 1050. The van der Waals surface area contributed by atoms with Gasteiger partial charge in [-0.3, -0.25) is 14.5 Å².